The molecule has 128 valence electrons. The predicted molar refractivity (Wildman–Crippen MR) is 98.2 cm³/mol. The molecule has 26 heavy (non-hydrogen) atoms. The van der Waals surface area contributed by atoms with Crippen molar-refractivity contribution in [3.8, 4) is 11.1 Å². The topological polar surface area (TPSA) is 46.4 Å². The van der Waals surface area contributed by atoms with Crippen molar-refractivity contribution in [2.24, 2.45) is 0 Å². The molecule has 0 saturated carbocycles. The number of nitrogens with one attached hydrogen (secondary N) is 1. The summed E-state index contributed by atoms with van der Waals surface area (Å²) in [7, 11) is 0. The molecule has 0 bridgehead atoms. The first-order chi connectivity index (χ1) is 12.7. The third-order valence-corrected chi connectivity index (χ3v) is 4.24. The van der Waals surface area contributed by atoms with Crippen LogP contribution in [0.3, 0.4) is 0 Å². The van der Waals surface area contributed by atoms with E-state index in [1.807, 2.05) is 59.1 Å². The molecule has 0 unspecified atom stereocenters. The van der Waals surface area contributed by atoms with Crippen LogP contribution >= 0.6 is 0 Å². The highest BCUT2D eigenvalue weighted by atomic mass is 19.1. The van der Waals surface area contributed by atoms with Gasteiger partial charge in [0.25, 0.3) is 5.91 Å². The van der Waals surface area contributed by atoms with E-state index in [1.54, 1.807) is 18.3 Å². The van der Waals surface area contributed by atoms with Crippen LogP contribution in [0.15, 0.2) is 79.1 Å². The number of halogens is 1. The first-order valence-electron chi connectivity index (χ1n) is 8.26. The largest absolute Gasteiger partial charge is 0.345 e. The zero-order valence-electron chi connectivity index (χ0n) is 13.9. The van der Waals surface area contributed by atoms with E-state index in [2.05, 4.69) is 10.3 Å². The van der Waals surface area contributed by atoms with Crippen LogP contribution in [0.1, 0.15) is 16.2 Å². The quantitative estimate of drug-likeness (QED) is 0.606. The molecule has 2 heterocycles. The molecule has 0 fully saturated rings. The van der Waals surface area contributed by atoms with E-state index in [4.69, 9.17) is 0 Å². The van der Waals surface area contributed by atoms with Crippen molar-refractivity contribution in [2.45, 2.75) is 6.54 Å². The lowest BCUT2D eigenvalue weighted by Gasteiger charge is -2.08. The molecule has 2 aromatic carbocycles. The normalized spacial score (nSPS) is 10.8. The molecule has 1 N–H and O–H groups in total. The number of aromatic nitrogens is 2. The minimum Gasteiger partial charge on any atom is -0.345 e. The molecule has 0 atom stereocenters. The smallest absolute Gasteiger partial charge is 0.254 e. The van der Waals surface area contributed by atoms with Gasteiger partial charge in [-0.1, -0.05) is 42.5 Å². The van der Waals surface area contributed by atoms with Crippen molar-refractivity contribution in [3.05, 3.63) is 96.3 Å². The maximum Gasteiger partial charge on any atom is 0.254 e. The minimum atomic E-state index is -0.546. The van der Waals surface area contributed by atoms with Gasteiger partial charge in [0.2, 0.25) is 0 Å². The Bertz CT molecular complexity index is 1070. The molecule has 2 aromatic heterocycles. The van der Waals surface area contributed by atoms with Gasteiger partial charge < -0.3 is 9.72 Å². The molecular weight excluding hydrogens is 329 g/mol. The number of nitrogens with zero attached hydrogens (tertiary/aromatic N) is 2. The highest BCUT2D eigenvalue weighted by Gasteiger charge is 2.14. The fourth-order valence-electron chi connectivity index (χ4n) is 2.89. The van der Waals surface area contributed by atoms with E-state index >= 15 is 0 Å². The van der Waals surface area contributed by atoms with Crippen LogP contribution in [-0.2, 0) is 6.54 Å². The number of fused-ring (bicyclic) bond motifs is 1. The Kier molecular flexibility index (Phi) is 4.19. The maximum atomic E-state index is 14.2. The fourth-order valence-corrected chi connectivity index (χ4v) is 2.89. The first kappa shape index (κ1) is 16.0. The number of pyridine rings is 1. The van der Waals surface area contributed by atoms with E-state index in [0.29, 0.717) is 5.82 Å². The van der Waals surface area contributed by atoms with Gasteiger partial charge in [-0.2, -0.15) is 0 Å². The maximum absolute atomic E-state index is 14.2. The van der Waals surface area contributed by atoms with Gasteiger partial charge >= 0.3 is 0 Å². The molecule has 0 aliphatic heterocycles. The second kappa shape index (κ2) is 6.80. The molecule has 4 rings (SSSR count). The Morgan fingerprint density at radius 1 is 1.00 bits per heavy atom. The van der Waals surface area contributed by atoms with Gasteiger partial charge in [-0.3, -0.25) is 4.79 Å². The molecule has 0 spiro atoms. The summed E-state index contributed by atoms with van der Waals surface area (Å²) in [5, 5.41) is 2.75. The Labute approximate surface area is 149 Å². The molecule has 5 heteroatoms. The second-order valence-electron chi connectivity index (χ2n) is 5.91. The summed E-state index contributed by atoms with van der Waals surface area (Å²) < 4.78 is 16.1. The van der Waals surface area contributed by atoms with Gasteiger partial charge in [0, 0.05) is 6.20 Å². The van der Waals surface area contributed by atoms with Crippen molar-refractivity contribution in [1.82, 2.24) is 14.7 Å². The van der Waals surface area contributed by atoms with Crippen LogP contribution in [0.5, 0.6) is 0 Å². The van der Waals surface area contributed by atoms with E-state index in [0.717, 1.165) is 16.6 Å². The summed E-state index contributed by atoms with van der Waals surface area (Å²) in [6, 6.07) is 19.9. The van der Waals surface area contributed by atoms with Crippen molar-refractivity contribution in [1.29, 1.82) is 0 Å². The lowest BCUT2D eigenvalue weighted by molar-refractivity contribution is 0.0946. The minimum absolute atomic E-state index is 0.0206. The van der Waals surface area contributed by atoms with Crippen molar-refractivity contribution in [2.75, 3.05) is 0 Å². The Morgan fingerprint density at radius 2 is 1.81 bits per heavy atom. The lowest BCUT2D eigenvalue weighted by Crippen LogP contribution is -2.25. The number of hydrogen-bond donors (Lipinski definition) is 1. The summed E-state index contributed by atoms with van der Waals surface area (Å²) in [6.45, 7) is 0.214. The summed E-state index contributed by atoms with van der Waals surface area (Å²) >= 11 is 0. The zero-order valence-corrected chi connectivity index (χ0v) is 13.9. The lowest BCUT2D eigenvalue weighted by atomic mass is 10.0. The van der Waals surface area contributed by atoms with Crippen LogP contribution in [0, 0.1) is 5.82 Å². The summed E-state index contributed by atoms with van der Waals surface area (Å²) in [5.41, 5.74) is 2.69. The van der Waals surface area contributed by atoms with Crippen molar-refractivity contribution < 1.29 is 9.18 Å². The molecular formula is C21H16FN3O. The summed E-state index contributed by atoms with van der Waals surface area (Å²) in [5.74, 6) is -0.323. The number of imidazole rings is 1. The molecule has 0 saturated heterocycles. The number of amides is 1. The number of rotatable bonds is 4. The number of carbonyl (C=O) groups excluding carboxylic acids is 1. The molecule has 4 aromatic rings. The van der Waals surface area contributed by atoms with E-state index < -0.39 is 11.7 Å². The average Bonchev–Trinajstić information content (AvgIpc) is 3.10. The average molecular weight is 345 g/mol. The number of hydrogen-bond acceptors (Lipinski definition) is 2. The third kappa shape index (κ3) is 3.07. The highest BCUT2D eigenvalue weighted by Crippen LogP contribution is 2.22. The van der Waals surface area contributed by atoms with Gasteiger partial charge in [0.05, 0.1) is 23.8 Å². The van der Waals surface area contributed by atoms with E-state index in [1.165, 1.54) is 6.07 Å². The Morgan fingerprint density at radius 3 is 2.65 bits per heavy atom. The van der Waals surface area contributed by atoms with Gasteiger partial charge in [-0.05, 0) is 35.4 Å². The molecule has 0 aliphatic carbocycles. The van der Waals surface area contributed by atoms with Crippen LogP contribution < -0.4 is 5.32 Å². The zero-order chi connectivity index (χ0) is 17.9. The van der Waals surface area contributed by atoms with Crippen molar-refractivity contribution >= 4 is 11.4 Å². The van der Waals surface area contributed by atoms with E-state index in [9.17, 15) is 9.18 Å². The van der Waals surface area contributed by atoms with Crippen LogP contribution in [0.2, 0.25) is 0 Å². The monoisotopic (exact) mass is 345 g/mol. The number of carbonyl (C=O) groups is 1. The van der Waals surface area contributed by atoms with Crippen LogP contribution in [0.25, 0.3) is 16.6 Å². The molecule has 0 radical (unpaired) electrons. The first-order valence-corrected chi connectivity index (χ1v) is 8.26. The third-order valence-electron chi connectivity index (χ3n) is 4.24. The molecule has 0 aliphatic rings. The van der Waals surface area contributed by atoms with Crippen LogP contribution in [0.4, 0.5) is 4.39 Å². The summed E-state index contributed by atoms with van der Waals surface area (Å²) in [6.07, 6.45) is 3.61. The van der Waals surface area contributed by atoms with E-state index in [-0.39, 0.29) is 12.1 Å². The second-order valence-corrected chi connectivity index (χ2v) is 5.91. The Balaban J connectivity index is 1.56. The highest BCUT2D eigenvalue weighted by molar-refractivity contribution is 5.95. The summed E-state index contributed by atoms with van der Waals surface area (Å²) in [4.78, 5) is 16.8. The van der Waals surface area contributed by atoms with Gasteiger partial charge in [-0.15, -0.1) is 0 Å². The van der Waals surface area contributed by atoms with Gasteiger partial charge in [-0.25, -0.2) is 9.37 Å². The van der Waals surface area contributed by atoms with Crippen LogP contribution in [-0.4, -0.2) is 15.3 Å². The van der Waals surface area contributed by atoms with Crippen molar-refractivity contribution in [3.63, 3.8) is 0 Å². The van der Waals surface area contributed by atoms with Gasteiger partial charge in [0.1, 0.15) is 11.6 Å². The molecule has 4 nitrogen and oxygen atoms in total. The Hall–Kier alpha value is -3.47. The standard InChI is InChI=1S/C21H16FN3O/c22-19-10-9-16(15-6-2-1-3-7-15)12-18(19)21(26)24-14-20-23-13-17-8-4-5-11-25(17)20/h1-13H,14H2,(H,24,26). The predicted octanol–water partition coefficient (Wildman–Crippen LogP) is 4.07. The SMILES string of the molecule is O=C(NCc1ncc2ccccn12)c1cc(-c2ccccc2)ccc1F. The number of benzene rings is 2. The fraction of sp³-hybridized carbons (Fsp3) is 0.0476. The molecule has 1 amide bonds. The van der Waals surface area contributed by atoms with Gasteiger partial charge in [0.15, 0.2) is 0 Å².